The Morgan fingerprint density at radius 3 is 2.89 bits per heavy atom. The van der Waals surface area contributed by atoms with Gasteiger partial charge in [-0.15, -0.1) is 0 Å². The SMILES string of the molecule is CN(Cc1ccc(Cl)cc1Cl)C(=O)C1CCCNC1. The lowest BCUT2D eigenvalue weighted by atomic mass is 9.98. The minimum atomic E-state index is 0.0878. The molecule has 1 aromatic carbocycles. The van der Waals surface area contributed by atoms with Gasteiger partial charge < -0.3 is 10.2 Å². The Hall–Kier alpha value is -0.770. The van der Waals surface area contributed by atoms with E-state index in [0.29, 0.717) is 16.6 Å². The summed E-state index contributed by atoms with van der Waals surface area (Å²) in [6.07, 6.45) is 2.02. The molecule has 0 radical (unpaired) electrons. The Kier molecular flexibility index (Phi) is 5.08. The highest BCUT2D eigenvalue weighted by Gasteiger charge is 2.24. The van der Waals surface area contributed by atoms with Crippen LogP contribution in [0, 0.1) is 5.92 Å². The topological polar surface area (TPSA) is 32.3 Å². The van der Waals surface area contributed by atoms with E-state index in [0.717, 1.165) is 31.5 Å². The lowest BCUT2D eigenvalue weighted by molar-refractivity contribution is -0.135. The van der Waals surface area contributed by atoms with Crippen LogP contribution in [0.3, 0.4) is 0 Å². The number of carbonyl (C=O) groups excluding carboxylic acids is 1. The summed E-state index contributed by atoms with van der Waals surface area (Å²) in [5.41, 5.74) is 0.922. The molecule has 1 aliphatic heterocycles. The largest absolute Gasteiger partial charge is 0.341 e. The van der Waals surface area contributed by atoms with Crippen molar-refractivity contribution >= 4 is 29.1 Å². The Bertz CT molecular complexity index is 459. The molecular formula is C14H18Cl2N2O. The van der Waals surface area contributed by atoms with Crippen LogP contribution in [-0.2, 0) is 11.3 Å². The zero-order valence-electron chi connectivity index (χ0n) is 11.0. The highest BCUT2D eigenvalue weighted by Crippen LogP contribution is 2.23. The van der Waals surface area contributed by atoms with Crippen molar-refractivity contribution in [2.45, 2.75) is 19.4 Å². The molecule has 1 saturated heterocycles. The van der Waals surface area contributed by atoms with Crippen LogP contribution in [0.4, 0.5) is 0 Å². The Balaban J connectivity index is 1.99. The van der Waals surface area contributed by atoms with Crippen LogP contribution in [0.5, 0.6) is 0 Å². The van der Waals surface area contributed by atoms with Crippen LogP contribution in [0.15, 0.2) is 18.2 Å². The van der Waals surface area contributed by atoms with Gasteiger partial charge in [0.2, 0.25) is 5.91 Å². The molecule has 1 heterocycles. The molecule has 0 aromatic heterocycles. The number of hydrogen-bond acceptors (Lipinski definition) is 2. The lowest BCUT2D eigenvalue weighted by Gasteiger charge is -2.27. The standard InChI is InChI=1S/C14H18Cl2N2O/c1-18(14(19)10-3-2-6-17-8-10)9-11-4-5-12(15)7-13(11)16/h4-5,7,10,17H,2-3,6,8-9H2,1H3. The molecule has 5 heteroatoms. The molecule has 1 aliphatic rings. The third-order valence-electron chi connectivity index (χ3n) is 3.44. The van der Waals surface area contributed by atoms with Gasteiger partial charge in [-0.05, 0) is 37.1 Å². The number of hydrogen-bond donors (Lipinski definition) is 1. The van der Waals surface area contributed by atoms with Gasteiger partial charge in [-0.2, -0.15) is 0 Å². The minimum Gasteiger partial charge on any atom is -0.341 e. The average Bonchev–Trinajstić information content (AvgIpc) is 2.42. The average molecular weight is 301 g/mol. The summed E-state index contributed by atoms with van der Waals surface area (Å²) < 4.78 is 0. The highest BCUT2D eigenvalue weighted by atomic mass is 35.5. The number of halogens is 2. The summed E-state index contributed by atoms with van der Waals surface area (Å²) in [4.78, 5) is 14.0. The summed E-state index contributed by atoms with van der Waals surface area (Å²) in [6.45, 7) is 2.30. The smallest absolute Gasteiger partial charge is 0.227 e. The molecule has 2 rings (SSSR count). The van der Waals surface area contributed by atoms with Gasteiger partial charge in [-0.3, -0.25) is 4.79 Å². The van der Waals surface area contributed by atoms with Crippen LogP contribution < -0.4 is 5.32 Å². The maximum atomic E-state index is 12.3. The third kappa shape index (κ3) is 3.85. The highest BCUT2D eigenvalue weighted by molar-refractivity contribution is 6.35. The molecule has 1 unspecified atom stereocenters. The molecule has 0 bridgehead atoms. The zero-order valence-corrected chi connectivity index (χ0v) is 12.5. The van der Waals surface area contributed by atoms with Crippen molar-refractivity contribution < 1.29 is 4.79 Å². The molecule has 1 fully saturated rings. The molecule has 0 aliphatic carbocycles. The van der Waals surface area contributed by atoms with E-state index in [-0.39, 0.29) is 11.8 Å². The van der Waals surface area contributed by atoms with E-state index in [1.165, 1.54) is 0 Å². The van der Waals surface area contributed by atoms with E-state index in [2.05, 4.69) is 5.32 Å². The Labute approximate surface area is 123 Å². The van der Waals surface area contributed by atoms with E-state index in [1.807, 2.05) is 13.1 Å². The van der Waals surface area contributed by atoms with E-state index >= 15 is 0 Å². The van der Waals surface area contributed by atoms with Gasteiger partial charge in [0, 0.05) is 30.2 Å². The predicted molar refractivity (Wildman–Crippen MR) is 78.5 cm³/mol. The van der Waals surface area contributed by atoms with Crippen LogP contribution in [0.25, 0.3) is 0 Å². The van der Waals surface area contributed by atoms with Crippen molar-refractivity contribution in [1.82, 2.24) is 10.2 Å². The fourth-order valence-corrected chi connectivity index (χ4v) is 2.83. The second-order valence-electron chi connectivity index (χ2n) is 4.97. The number of nitrogens with one attached hydrogen (secondary N) is 1. The second-order valence-corrected chi connectivity index (χ2v) is 5.82. The van der Waals surface area contributed by atoms with Crippen LogP contribution >= 0.6 is 23.2 Å². The fraction of sp³-hybridized carbons (Fsp3) is 0.500. The first-order valence-corrected chi connectivity index (χ1v) is 7.23. The van der Waals surface area contributed by atoms with Crippen LogP contribution in [-0.4, -0.2) is 30.9 Å². The molecule has 0 saturated carbocycles. The summed E-state index contributed by atoms with van der Waals surface area (Å²) in [5, 5.41) is 4.48. The monoisotopic (exact) mass is 300 g/mol. The Morgan fingerprint density at radius 2 is 2.26 bits per heavy atom. The maximum Gasteiger partial charge on any atom is 0.227 e. The number of benzene rings is 1. The van der Waals surface area contributed by atoms with Gasteiger partial charge in [0.25, 0.3) is 0 Å². The minimum absolute atomic E-state index is 0.0878. The van der Waals surface area contributed by atoms with E-state index in [9.17, 15) is 4.79 Å². The van der Waals surface area contributed by atoms with Crippen LogP contribution in [0.2, 0.25) is 10.0 Å². The second kappa shape index (κ2) is 6.60. The molecule has 1 N–H and O–H groups in total. The van der Waals surface area contributed by atoms with E-state index in [1.54, 1.807) is 17.0 Å². The van der Waals surface area contributed by atoms with E-state index < -0.39 is 0 Å². The molecule has 0 spiro atoms. The van der Waals surface area contributed by atoms with Crippen molar-refractivity contribution in [3.05, 3.63) is 33.8 Å². The molecule has 1 amide bonds. The molecule has 1 aromatic rings. The molecule has 3 nitrogen and oxygen atoms in total. The van der Waals surface area contributed by atoms with E-state index in [4.69, 9.17) is 23.2 Å². The van der Waals surface area contributed by atoms with Crippen LogP contribution in [0.1, 0.15) is 18.4 Å². The first kappa shape index (κ1) is 14.6. The summed E-state index contributed by atoms with van der Waals surface area (Å²) >= 11 is 12.0. The fourth-order valence-electron chi connectivity index (χ4n) is 2.36. The molecule has 19 heavy (non-hydrogen) atoms. The van der Waals surface area contributed by atoms with Crippen molar-refractivity contribution in [2.75, 3.05) is 20.1 Å². The first-order valence-electron chi connectivity index (χ1n) is 6.47. The van der Waals surface area contributed by atoms with Gasteiger partial charge in [-0.1, -0.05) is 29.3 Å². The zero-order chi connectivity index (χ0) is 13.8. The number of piperidine rings is 1. The summed E-state index contributed by atoms with van der Waals surface area (Å²) in [5.74, 6) is 0.267. The quantitative estimate of drug-likeness (QED) is 0.931. The normalized spacial score (nSPS) is 19.2. The summed E-state index contributed by atoms with van der Waals surface area (Å²) in [6, 6.07) is 5.37. The Morgan fingerprint density at radius 1 is 1.47 bits per heavy atom. The van der Waals surface area contributed by atoms with Gasteiger partial charge in [0.05, 0.1) is 5.92 Å². The molecule has 1 atom stereocenters. The molecular weight excluding hydrogens is 283 g/mol. The summed E-state index contributed by atoms with van der Waals surface area (Å²) in [7, 11) is 1.82. The van der Waals surface area contributed by atoms with Crippen molar-refractivity contribution in [1.29, 1.82) is 0 Å². The van der Waals surface area contributed by atoms with Gasteiger partial charge >= 0.3 is 0 Å². The number of carbonyl (C=O) groups is 1. The number of amides is 1. The van der Waals surface area contributed by atoms with Crippen molar-refractivity contribution in [3.8, 4) is 0 Å². The third-order valence-corrected chi connectivity index (χ3v) is 4.03. The van der Waals surface area contributed by atoms with Gasteiger partial charge in [-0.25, -0.2) is 0 Å². The number of nitrogens with zero attached hydrogens (tertiary/aromatic N) is 1. The first-order chi connectivity index (χ1) is 9.08. The van der Waals surface area contributed by atoms with Crippen molar-refractivity contribution in [2.24, 2.45) is 5.92 Å². The lowest BCUT2D eigenvalue weighted by Crippen LogP contribution is -2.41. The number of rotatable bonds is 3. The van der Waals surface area contributed by atoms with Gasteiger partial charge in [0.15, 0.2) is 0 Å². The van der Waals surface area contributed by atoms with Gasteiger partial charge in [0.1, 0.15) is 0 Å². The maximum absolute atomic E-state index is 12.3. The predicted octanol–water partition coefficient (Wildman–Crippen LogP) is 2.95. The molecule has 104 valence electrons. The van der Waals surface area contributed by atoms with Crippen molar-refractivity contribution in [3.63, 3.8) is 0 Å².